The van der Waals surface area contributed by atoms with E-state index in [1.54, 1.807) is 12.1 Å². The molecule has 0 fully saturated rings. The van der Waals surface area contributed by atoms with Crippen LogP contribution in [0.2, 0.25) is 10.0 Å². The Bertz CT molecular complexity index is 592. The molecule has 0 heterocycles. The van der Waals surface area contributed by atoms with Crippen molar-refractivity contribution in [1.82, 2.24) is 0 Å². The Hall–Kier alpha value is -1.49. The van der Waals surface area contributed by atoms with Gasteiger partial charge in [0.05, 0.1) is 10.6 Å². The maximum Gasteiger partial charge on any atom is 0.101 e. The fraction of sp³-hybridized carbons (Fsp3) is 0.0714. The van der Waals surface area contributed by atoms with E-state index < -0.39 is 0 Å². The molecule has 2 aromatic rings. The van der Waals surface area contributed by atoms with Crippen LogP contribution in [0.15, 0.2) is 36.4 Å². The Morgan fingerprint density at radius 3 is 2.41 bits per heavy atom. The molecule has 0 saturated heterocycles. The maximum atomic E-state index is 8.94. The number of benzene rings is 2. The second-order valence-electron chi connectivity index (χ2n) is 3.82. The molecule has 0 saturated carbocycles. The second-order valence-corrected chi connectivity index (χ2v) is 4.67. The molecule has 0 aromatic heterocycles. The molecule has 0 aliphatic carbocycles. The predicted molar refractivity (Wildman–Crippen MR) is 71.4 cm³/mol. The van der Waals surface area contributed by atoms with Crippen LogP contribution in [0.25, 0.3) is 11.1 Å². The molecular weight excluding hydrogens is 253 g/mol. The number of aryl methyl sites for hydroxylation is 1. The third kappa shape index (κ3) is 2.61. The minimum Gasteiger partial charge on any atom is -0.192 e. The summed E-state index contributed by atoms with van der Waals surface area (Å²) in [7, 11) is 0. The zero-order valence-electron chi connectivity index (χ0n) is 9.17. The maximum absolute atomic E-state index is 8.94. The van der Waals surface area contributed by atoms with Crippen molar-refractivity contribution in [3.8, 4) is 17.2 Å². The fourth-order valence-electron chi connectivity index (χ4n) is 1.69. The van der Waals surface area contributed by atoms with Crippen molar-refractivity contribution < 1.29 is 0 Å². The van der Waals surface area contributed by atoms with Crippen LogP contribution in [0.1, 0.15) is 11.1 Å². The van der Waals surface area contributed by atoms with Gasteiger partial charge < -0.3 is 0 Å². The summed E-state index contributed by atoms with van der Waals surface area (Å²) in [5.74, 6) is 0. The average molecular weight is 262 g/mol. The molecule has 0 atom stereocenters. The second kappa shape index (κ2) is 4.79. The van der Waals surface area contributed by atoms with Crippen LogP contribution in [0, 0.1) is 18.3 Å². The molecule has 2 rings (SSSR count). The zero-order chi connectivity index (χ0) is 12.4. The van der Waals surface area contributed by atoms with E-state index in [9.17, 15) is 0 Å². The Morgan fingerprint density at radius 1 is 1.00 bits per heavy atom. The molecule has 0 radical (unpaired) electrons. The van der Waals surface area contributed by atoms with Crippen LogP contribution in [-0.2, 0) is 0 Å². The Balaban J connectivity index is 2.57. The average Bonchev–Trinajstić information content (AvgIpc) is 2.28. The number of hydrogen-bond donors (Lipinski definition) is 0. The highest BCUT2D eigenvalue weighted by Gasteiger charge is 2.04. The molecule has 1 nitrogen and oxygen atoms in total. The highest BCUT2D eigenvalue weighted by molar-refractivity contribution is 6.32. The van der Waals surface area contributed by atoms with Gasteiger partial charge in [0.15, 0.2) is 0 Å². The van der Waals surface area contributed by atoms with Crippen LogP contribution in [-0.4, -0.2) is 0 Å². The van der Waals surface area contributed by atoms with E-state index in [-0.39, 0.29) is 0 Å². The summed E-state index contributed by atoms with van der Waals surface area (Å²) in [6, 6.07) is 13.2. The quantitative estimate of drug-likeness (QED) is 0.721. The summed E-state index contributed by atoms with van der Waals surface area (Å²) < 4.78 is 0. The highest BCUT2D eigenvalue weighted by Crippen LogP contribution is 2.27. The van der Waals surface area contributed by atoms with E-state index in [2.05, 4.69) is 6.07 Å². The first kappa shape index (κ1) is 12.0. The van der Waals surface area contributed by atoms with Crippen LogP contribution in [0.5, 0.6) is 0 Å². The summed E-state index contributed by atoms with van der Waals surface area (Å²) in [6.45, 7) is 1.98. The van der Waals surface area contributed by atoms with E-state index in [0.717, 1.165) is 16.7 Å². The van der Waals surface area contributed by atoms with Crippen LogP contribution in [0.3, 0.4) is 0 Å². The van der Waals surface area contributed by atoms with Gasteiger partial charge >= 0.3 is 0 Å². The van der Waals surface area contributed by atoms with Gasteiger partial charge in [-0.25, -0.2) is 0 Å². The number of nitriles is 1. The number of rotatable bonds is 1. The lowest BCUT2D eigenvalue weighted by atomic mass is 10.0. The lowest BCUT2D eigenvalue weighted by molar-refractivity contribution is 1.45. The molecule has 2 aromatic carbocycles. The van der Waals surface area contributed by atoms with Crippen LogP contribution in [0.4, 0.5) is 0 Å². The molecule has 0 unspecified atom stereocenters. The molecule has 0 N–H and O–H groups in total. The van der Waals surface area contributed by atoms with Crippen LogP contribution >= 0.6 is 23.2 Å². The third-order valence-electron chi connectivity index (χ3n) is 2.46. The van der Waals surface area contributed by atoms with Crippen molar-refractivity contribution >= 4 is 23.2 Å². The minimum absolute atomic E-state index is 0.468. The van der Waals surface area contributed by atoms with Gasteiger partial charge in [0.2, 0.25) is 0 Å². The topological polar surface area (TPSA) is 23.8 Å². The summed E-state index contributed by atoms with van der Waals surface area (Å²) >= 11 is 11.9. The van der Waals surface area contributed by atoms with Gasteiger partial charge in [-0.1, -0.05) is 35.3 Å². The van der Waals surface area contributed by atoms with Crippen molar-refractivity contribution in [2.75, 3.05) is 0 Å². The molecule has 17 heavy (non-hydrogen) atoms. The summed E-state index contributed by atoms with van der Waals surface area (Å²) in [5.41, 5.74) is 3.49. The van der Waals surface area contributed by atoms with Gasteiger partial charge in [0.1, 0.15) is 6.07 Å². The molecular formula is C14H9Cl2N. The summed E-state index contributed by atoms with van der Waals surface area (Å²) in [6.07, 6.45) is 0. The van der Waals surface area contributed by atoms with Crippen molar-refractivity contribution in [2.24, 2.45) is 0 Å². The molecule has 0 aliphatic rings. The first-order valence-corrected chi connectivity index (χ1v) is 5.83. The molecule has 0 bridgehead atoms. The SMILES string of the molecule is Cc1cc(Cl)cc(-c2ccc(Cl)c(C#N)c2)c1. The largest absolute Gasteiger partial charge is 0.192 e. The number of hydrogen-bond acceptors (Lipinski definition) is 1. The standard InChI is InChI=1S/C14H9Cl2N/c1-9-4-11(7-13(15)5-9)10-2-3-14(16)12(6-10)8-17/h2-7H,1H3. The smallest absolute Gasteiger partial charge is 0.101 e. The molecule has 0 amide bonds. The fourth-order valence-corrected chi connectivity index (χ4v) is 2.14. The number of halogens is 2. The molecule has 3 heteroatoms. The predicted octanol–water partition coefficient (Wildman–Crippen LogP) is 4.84. The zero-order valence-corrected chi connectivity index (χ0v) is 10.7. The molecule has 84 valence electrons. The Morgan fingerprint density at radius 2 is 1.76 bits per heavy atom. The Labute approximate surface area is 110 Å². The van der Waals surface area contributed by atoms with Gasteiger partial charge in [-0.15, -0.1) is 0 Å². The first-order chi connectivity index (χ1) is 8.10. The van der Waals surface area contributed by atoms with Gasteiger partial charge in [0, 0.05) is 5.02 Å². The lowest BCUT2D eigenvalue weighted by Crippen LogP contribution is -1.83. The monoisotopic (exact) mass is 261 g/mol. The van der Waals surface area contributed by atoms with Crippen molar-refractivity contribution in [2.45, 2.75) is 6.92 Å². The van der Waals surface area contributed by atoms with Gasteiger partial charge in [0.25, 0.3) is 0 Å². The highest BCUT2D eigenvalue weighted by atomic mass is 35.5. The molecule has 0 spiro atoms. The van der Waals surface area contributed by atoms with Crippen molar-refractivity contribution in [3.05, 3.63) is 57.6 Å². The Kier molecular flexibility index (Phi) is 3.38. The van der Waals surface area contributed by atoms with Crippen LogP contribution < -0.4 is 0 Å². The summed E-state index contributed by atoms with van der Waals surface area (Å²) in [4.78, 5) is 0. The first-order valence-electron chi connectivity index (χ1n) is 5.07. The van der Waals surface area contributed by atoms with E-state index in [0.29, 0.717) is 15.6 Å². The summed E-state index contributed by atoms with van der Waals surface area (Å²) in [5, 5.41) is 10.1. The number of nitrogens with zero attached hydrogens (tertiary/aromatic N) is 1. The lowest BCUT2D eigenvalue weighted by Gasteiger charge is -2.05. The van der Waals surface area contributed by atoms with E-state index in [1.807, 2.05) is 31.2 Å². The third-order valence-corrected chi connectivity index (χ3v) is 3.01. The van der Waals surface area contributed by atoms with E-state index in [1.165, 1.54) is 0 Å². The van der Waals surface area contributed by atoms with Crippen molar-refractivity contribution in [3.63, 3.8) is 0 Å². The van der Waals surface area contributed by atoms with E-state index in [4.69, 9.17) is 28.5 Å². The van der Waals surface area contributed by atoms with Crippen molar-refractivity contribution in [1.29, 1.82) is 5.26 Å². The normalized spacial score (nSPS) is 10.0. The van der Waals surface area contributed by atoms with Gasteiger partial charge in [-0.2, -0.15) is 5.26 Å². The molecule has 0 aliphatic heterocycles. The minimum atomic E-state index is 0.468. The van der Waals surface area contributed by atoms with Gasteiger partial charge in [-0.3, -0.25) is 0 Å². The van der Waals surface area contributed by atoms with E-state index >= 15 is 0 Å². The van der Waals surface area contributed by atoms with Gasteiger partial charge in [-0.05, 0) is 47.9 Å².